The van der Waals surface area contributed by atoms with E-state index in [1.165, 1.54) is 6.08 Å². The first-order valence-electron chi connectivity index (χ1n) is 5.49. The quantitative estimate of drug-likeness (QED) is 0.589. The van der Waals surface area contributed by atoms with Crippen molar-refractivity contribution in [2.24, 2.45) is 0 Å². The maximum absolute atomic E-state index is 11.2. The van der Waals surface area contributed by atoms with Gasteiger partial charge in [0.15, 0.2) is 0 Å². The molecule has 0 heterocycles. The lowest BCUT2D eigenvalue weighted by molar-refractivity contribution is -0.137. The van der Waals surface area contributed by atoms with Gasteiger partial charge in [0.05, 0.1) is 18.2 Å². The van der Waals surface area contributed by atoms with Gasteiger partial charge >= 0.3 is 5.97 Å². The normalized spacial score (nSPS) is 10.8. The molecule has 0 saturated heterocycles. The standard InChI is InChI=1S/C14H15NO2/c1-3-17-14(16)9-11(2)8-12-6-4-5-7-13(12)10-15/h4-7,9H,3,8H2,1-2H3/b11-9-. The first-order chi connectivity index (χ1) is 8.17. The summed E-state index contributed by atoms with van der Waals surface area (Å²) in [6.07, 6.45) is 2.06. The van der Waals surface area contributed by atoms with Crippen LogP contribution in [0.4, 0.5) is 0 Å². The molecule has 0 N–H and O–H groups in total. The van der Waals surface area contributed by atoms with Gasteiger partial charge in [0.25, 0.3) is 0 Å². The van der Waals surface area contributed by atoms with Gasteiger partial charge in [0, 0.05) is 6.08 Å². The lowest BCUT2D eigenvalue weighted by Gasteiger charge is -2.04. The molecule has 3 heteroatoms. The third-order valence-electron chi connectivity index (χ3n) is 2.26. The molecule has 3 nitrogen and oxygen atoms in total. The van der Waals surface area contributed by atoms with Crippen LogP contribution in [0.2, 0.25) is 0 Å². The first-order valence-corrected chi connectivity index (χ1v) is 5.49. The summed E-state index contributed by atoms with van der Waals surface area (Å²) in [5.41, 5.74) is 2.45. The SMILES string of the molecule is CCOC(=O)/C=C(/C)Cc1ccccc1C#N. The molecule has 0 aliphatic rings. The molecule has 0 atom stereocenters. The Balaban J connectivity index is 2.78. The predicted octanol–water partition coefficient (Wildman–Crippen LogP) is 2.61. The van der Waals surface area contributed by atoms with Crippen molar-refractivity contribution in [1.82, 2.24) is 0 Å². The van der Waals surface area contributed by atoms with Crippen LogP contribution in [0.1, 0.15) is 25.0 Å². The second-order valence-electron chi connectivity index (χ2n) is 3.69. The molecule has 0 fully saturated rings. The van der Waals surface area contributed by atoms with Crippen LogP contribution in [-0.4, -0.2) is 12.6 Å². The number of esters is 1. The van der Waals surface area contributed by atoms with Gasteiger partial charge in [0.2, 0.25) is 0 Å². The van der Waals surface area contributed by atoms with E-state index in [4.69, 9.17) is 10.00 Å². The summed E-state index contributed by atoms with van der Waals surface area (Å²) in [5.74, 6) is -0.334. The van der Waals surface area contributed by atoms with Crippen LogP contribution in [-0.2, 0) is 16.0 Å². The largest absolute Gasteiger partial charge is 0.463 e. The summed E-state index contributed by atoms with van der Waals surface area (Å²) in [7, 11) is 0. The molecule has 1 aromatic rings. The molecule has 0 bridgehead atoms. The minimum atomic E-state index is -0.334. The van der Waals surface area contributed by atoms with Crippen molar-refractivity contribution in [3.8, 4) is 6.07 Å². The van der Waals surface area contributed by atoms with Gasteiger partial charge in [-0.3, -0.25) is 0 Å². The van der Waals surface area contributed by atoms with Gasteiger partial charge < -0.3 is 4.74 Å². The van der Waals surface area contributed by atoms with Crippen LogP contribution in [0.5, 0.6) is 0 Å². The number of carbonyl (C=O) groups excluding carboxylic acids is 1. The van der Waals surface area contributed by atoms with Crippen LogP contribution in [0.3, 0.4) is 0 Å². The summed E-state index contributed by atoms with van der Waals surface area (Å²) in [5, 5.41) is 8.94. The summed E-state index contributed by atoms with van der Waals surface area (Å²) < 4.78 is 4.83. The minimum Gasteiger partial charge on any atom is -0.463 e. The van der Waals surface area contributed by atoms with Gasteiger partial charge in [0.1, 0.15) is 0 Å². The Morgan fingerprint density at radius 1 is 1.47 bits per heavy atom. The minimum absolute atomic E-state index is 0.334. The number of nitrogens with zero attached hydrogens (tertiary/aromatic N) is 1. The summed E-state index contributed by atoms with van der Waals surface area (Å²) in [6.45, 7) is 3.99. The van der Waals surface area contributed by atoms with Gasteiger partial charge in [-0.25, -0.2) is 4.79 Å². The van der Waals surface area contributed by atoms with Gasteiger partial charge in [-0.05, 0) is 31.9 Å². The molecule has 0 saturated carbocycles. The average Bonchev–Trinajstić information content (AvgIpc) is 2.29. The Hall–Kier alpha value is -2.08. The third-order valence-corrected chi connectivity index (χ3v) is 2.26. The van der Waals surface area contributed by atoms with E-state index in [2.05, 4.69) is 6.07 Å². The van der Waals surface area contributed by atoms with E-state index in [0.717, 1.165) is 11.1 Å². The topological polar surface area (TPSA) is 50.1 Å². The molecule has 0 aromatic heterocycles. The molecule has 0 spiro atoms. The van der Waals surface area contributed by atoms with E-state index in [-0.39, 0.29) is 5.97 Å². The van der Waals surface area contributed by atoms with Gasteiger partial charge in [-0.1, -0.05) is 23.8 Å². The second kappa shape index (κ2) is 6.49. The van der Waals surface area contributed by atoms with Crippen LogP contribution in [0.15, 0.2) is 35.9 Å². The summed E-state index contributed by atoms with van der Waals surface area (Å²) in [6, 6.07) is 9.51. The fourth-order valence-electron chi connectivity index (χ4n) is 1.52. The van der Waals surface area contributed by atoms with Crippen molar-refractivity contribution >= 4 is 5.97 Å². The van der Waals surface area contributed by atoms with Crippen molar-refractivity contribution in [1.29, 1.82) is 5.26 Å². The molecule has 0 unspecified atom stereocenters. The Labute approximate surface area is 101 Å². The highest BCUT2D eigenvalue weighted by Gasteiger charge is 2.03. The second-order valence-corrected chi connectivity index (χ2v) is 3.69. The van der Waals surface area contributed by atoms with Crippen molar-refractivity contribution in [3.63, 3.8) is 0 Å². The smallest absolute Gasteiger partial charge is 0.330 e. The monoisotopic (exact) mass is 229 g/mol. The highest BCUT2D eigenvalue weighted by molar-refractivity contribution is 5.82. The fraction of sp³-hybridized carbons (Fsp3) is 0.286. The number of nitriles is 1. The van der Waals surface area contributed by atoms with E-state index in [1.807, 2.05) is 25.1 Å². The lowest BCUT2D eigenvalue weighted by Crippen LogP contribution is -2.01. The number of ether oxygens (including phenoxy) is 1. The van der Waals surface area contributed by atoms with Crippen molar-refractivity contribution < 1.29 is 9.53 Å². The van der Waals surface area contributed by atoms with E-state index < -0.39 is 0 Å². The Kier molecular flexibility index (Phi) is 4.96. The van der Waals surface area contributed by atoms with E-state index in [1.54, 1.807) is 13.0 Å². The van der Waals surface area contributed by atoms with E-state index in [0.29, 0.717) is 18.6 Å². The van der Waals surface area contributed by atoms with Crippen LogP contribution in [0, 0.1) is 11.3 Å². The molecule has 1 aromatic carbocycles. The zero-order valence-electron chi connectivity index (χ0n) is 10.1. The predicted molar refractivity (Wildman–Crippen MR) is 65.3 cm³/mol. The molecular weight excluding hydrogens is 214 g/mol. The molecule has 17 heavy (non-hydrogen) atoms. The fourth-order valence-corrected chi connectivity index (χ4v) is 1.52. The zero-order valence-corrected chi connectivity index (χ0v) is 10.1. The first kappa shape index (κ1) is 13.0. The number of hydrogen-bond acceptors (Lipinski definition) is 3. The molecule has 0 aliphatic carbocycles. The number of carbonyl (C=O) groups is 1. The number of benzene rings is 1. The zero-order chi connectivity index (χ0) is 12.7. The molecule has 0 radical (unpaired) electrons. The molecule has 0 aliphatic heterocycles. The number of allylic oxidation sites excluding steroid dienone is 1. The van der Waals surface area contributed by atoms with Crippen LogP contribution >= 0.6 is 0 Å². The average molecular weight is 229 g/mol. The summed E-state index contributed by atoms with van der Waals surface area (Å²) >= 11 is 0. The highest BCUT2D eigenvalue weighted by atomic mass is 16.5. The summed E-state index contributed by atoms with van der Waals surface area (Å²) in [4.78, 5) is 11.2. The Morgan fingerprint density at radius 3 is 2.82 bits per heavy atom. The van der Waals surface area contributed by atoms with Gasteiger partial charge in [-0.15, -0.1) is 0 Å². The third kappa shape index (κ3) is 4.12. The van der Waals surface area contributed by atoms with Crippen molar-refractivity contribution in [3.05, 3.63) is 47.0 Å². The highest BCUT2D eigenvalue weighted by Crippen LogP contribution is 2.12. The maximum Gasteiger partial charge on any atom is 0.330 e. The van der Waals surface area contributed by atoms with Crippen molar-refractivity contribution in [2.75, 3.05) is 6.61 Å². The number of hydrogen-bond donors (Lipinski definition) is 0. The lowest BCUT2D eigenvalue weighted by atomic mass is 10.0. The Morgan fingerprint density at radius 2 is 2.18 bits per heavy atom. The van der Waals surface area contributed by atoms with Gasteiger partial charge in [-0.2, -0.15) is 5.26 Å². The molecule has 88 valence electrons. The molecule has 0 amide bonds. The number of rotatable bonds is 4. The maximum atomic E-state index is 11.2. The Bertz CT molecular complexity index is 469. The van der Waals surface area contributed by atoms with Crippen LogP contribution < -0.4 is 0 Å². The van der Waals surface area contributed by atoms with E-state index in [9.17, 15) is 4.79 Å². The van der Waals surface area contributed by atoms with E-state index >= 15 is 0 Å². The molecule has 1 rings (SSSR count). The van der Waals surface area contributed by atoms with Crippen molar-refractivity contribution in [2.45, 2.75) is 20.3 Å². The van der Waals surface area contributed by atoms with Crippen LogP contribution in [0.25, 0.3) is 0 Å². The molecular formula is C14H15NO2.